The summed E-state index contributed by atoms with van der Waals surface area (Å²) in [5, 5.41) is 3.87. The molecule has 212 valence electrons. The first-order chi connectivity index (χ1) is 21.1. The number of carbonyl (C=O) groups excluding carboxylic acids is 1. The fourth-order valence-corrected chi connectivity index (χ4v) is 5.35. The van der Waals surface area contributed by atoms with Gasteiger partial charge in [0.2, 0.25) is 5.91 Å². The minimum absolute atomic E-state index is 0.137. The number of aryl methyl sites for hydroxylation is 1. The van der Waals surface area contributed by atoms with Crippen LogP contribution in [0.3, 0.4) is 0 Å². The largest absolute Gasteiger partial charge is 0.457 e. The minimum Gasteiger partial charge on any atom is -0.457 e. The molecule has 1 aliphatic heterocycles. The van der Waals surface area contributed by atoms with Gasteiger partial charge in [0.15, 0.2) is 5.82 Å². The second-order valence-corrected chi connectivity index (χ2v) is 10.5. The molecule has 43 heavy (non-hydrogen) atoms. The molecule has 1 saturated heterocycles. The lowest BCUT2D eigenvalue weighted by atomic mass is 9.98. The van der Waals surface area contributed by atoms with Crippen molar-refractivity contribution in [3.05, 3.63) is 127 Å². The van der Waals surface area contributed by atoms with Crippen LogP contribution in [0, 0.1) is 6.92 Å². The molecular weight excluding hydrogens is 540 g/mol. The standard InChI is InChI=1S/C34H28N6O3/c1-23-36-34(43-38-23)25-12-14-29(15-13-25)42-31-18-26(30-8-5-9-32(37-30)39-17-16-35-22-39)10-11-27(31)20-40-21-28(19-33(40)41)24-6-3-2-4-7-24/h2-18,22,28H,19-21H2,1H3/t28-/m1/s1. The van der Waals surface area contributed by atoms with Crippen molar-refractivity contribution in [3.63, 3.8) is 0 Å². The molecule has 1 amide bonds. The van der Waals surface area contributed by atoms with Gasteiger partial charge in [0.05, 0.1) is 5.69 Å². The Labute approximate surface area is 248 Å². The Bertz CT molecular complexity index is 1870. The summed E-state index contributed by atoms with van der Waals surface area (Å²) in [6, 6.07) is 29.6. The van der Waals surface area contributed by atoms with Crippen LogP contribution in [-0.4, -0.2) is 42.0 Å². The second-order valence-electron chi connectivity index (χ2n) is 10.5. The third kappa shape index (κ3) is 5.65. The number of nitrogens with zero attached hydrogens (tertiary/aromatic N) is 6. The lowest BCUT2D eigenvalue weighted by Crippen LogP contribution is -2.24. The van der Waals surface area contributed by atoms with Crippen molar-refractivity contribution in [1.29, 1.82) is 0 Å². The highest BCUT2D eigenvalue weighted by Gasteiger charge is 2.31. The van der Waals surface area contributed by atoms with Crippen molar-refractivity contribution in [3.8, 4) is 40.0 Å². The minimum atomic E-state index is 0.137. The van der Waals surface area contributed by atoms with Gasteiger partial charge < -0.3 is 14.2 Å². The van der Waals surface area contributed by atoms with Crippen LogP contribution in [0.15, 0.2) is 114 Å². The molecule has 9 heteroatoms. The summed E-state index contributed by atoms with van der Waals surface area (Å²) in [6.07, 6.45) is 5.81. The maximum atomic E-state index is 13.1. The summed E-state index contributed by atoms with van der Waals surface area (Å²) in [5.41, 5.74) is 4.59. The predicted octanol–water partition coefficient (Wildman–Crippen LogP) is 6.60. The Morgan fingerprint density at radius 3 is 2.53 bits per heavy atom. The molecule has 4 heterocycles. The summed E-state index contributed by atoms with van der Waals surface area (Å²) < 4.78 is 13.6. The highest BCUT2D eigenvalue weighted by Crippen LogP contribution is 2.35. The van der Waals surface area contributed by atoms with E-state index in [1.165, 1.54) is 5.56 Å². The van der Waals surface area contributed by atoms with E-state index in [1.54, 1.807) is 19.4 Å². The van der Waals surface area contributed by atoms with E-state index < -0.39 is 0 Å². The highest BCUT2D eigenvalue weighted by atomic mass is 16.5. The number of hydrogen-bond acceptors (Lipinski definition) is 7. The number of hydrogen-bond donors (Lipinski definition) is 0. The van der Waals surface area contributed by atoms with Crippen molar-refractivity contribution in [2.75, 3.05) is 6.54 Å². The summed E-state index contributed by atoms with van der Waals surface area (Å²) in [4.78, 5) is 28.3. The normalized spacial score (nSPS) is 14.8. The Morgan fingerprint density at radius 2 is 1.77 bits per heavy atom. The zero-order valence-electron chi connectivity index (χ0n) is 23.5. The molecule has 1 aliphatic rings. The molecule has 7 rings (SSSR count). The maximum Gasteiger partial charge on any atom is 0.257 e. The molecule has 0 aliphatic carbocycles. The molecule has 9 nitrogen and oxygen atoms in total. The average molecular weight is 569 g/mol. The number of likely N-dealkylation sites (tertiary alicyclic amines) is 1. The van der Waals surface area contributed by atoms with Crippen LogP contribution >= 0.6 is 0 Å². The molecule has 0 unspecified atom stereocenters. The van der Waals surface area contributed by atoms with E-state index in [0.29, 0.717) is 42.7 Å². The van der Waals surface area contributed by atoms with Gasteiger partial charge in [-0.2, -0.15) is 4.98 Å². The highest BCUT2D eigenvalue weighted by molar-refractivity contribution is 5.80. The van der Waals surface area contributed by atoms with E-state index in [2.05, 4.69) is 27.3 Å². The molecule has 3 aromatic carbocycles. The summed E-state index contributed by atoms with van der Waals surface area (Å²) in [5.74, 6) is 3.41. The van der Waals surface area contributed by atoms with Gasteiger partial charge in [0.25, 0.3) is 5.89 Å². The number of amides is 1. The molecule has 0 bridgehead atoms. The summed E-state index contributed by atoms with van der Waals surface area (Å²) >= 11 is 0. The SMILES string of the molecule is Cc1noc(-c2ccc(Oc3cc(-c4cccc(-n5ccnc5)n4)ccc3CN3C[C@H](c4ccccc4)CC3=O)cc2)n1. The topological polar surface area (TPSA) is 99.2 Å². The zero-order valence-corrected chi connectivity index (χ0v) is 23.5. The number of imidazole rings is 1. The van der Waals surface area contributed by atoms with Crippen LogP contribution in [0.1, 0.15) is 29.3 Å². The summed E-state index contributed by atoms with van der Waals surface area (Å²) in [6.45, 7) is 2.89. The van der Waals surface area contributed by atoms with Gasteiger partial charge in [0.1, 0.15) is 23.6 Å². The van der Waals surface area contributed by atoms with Gasteiger partial charge in [-0.3, -0.25) is 9.36 Å². The fraction of sp³-hybridized carbons (Fsp3) is 0.147. The number of benzene rings is 3. The van der Waals surface area contributed by atoms with E-state index in [1.807, 2.05) is 94.5 Å². The number of aromatic nitrogens is 5. The van der Waals surface area contributed by atoms with Crippen molar-refractivity contribution in [1.82, 2.24) is 29.6 Å². The van der Waals surface area contributed by atoms with Gasteiger partial charge in [0, 0.05) is 54.5 Å². The second kappa shape index (κ2) is 11.4. The van der Waals surface area contributed by atoms with Gasteiger partial charge >= 0.3 is 0 Å². The van der Waals surface area contributed by atoms with Gasteiger partial charge in [-0.25, -0.2) is 9.97 Å². The van der Waals surface area contributed by atoms with Crippen molar-refractivity contribution < 1.29 is 14.1 Å². The first kappa shape index (κ1) is 26.3. The van der Waals surface area contributed by atoms with Crippen LogP contribution in [0.4, 0.5) is 0 Å². The van der Waals surface area contributed by atoms with Crippen LogP contribution in [-0.2, 0) is 11.3 Å². The monoisotopic (exact) mass is 568 g/mol. The fourth-order valence-electron chi connectivity index (χ4n) is 5.35. The number of ether oxygens (including phenoxy) is 1. The van der Waals surface area contributed by atoms with Crippen LogP contribution in [0.2, 0.25) is 0 Å². The van der Waals surface area contributed by atoms with Gasteiger partial charge in [-0.15, -0.1) is 0 Å². The molecule has 1 atom stereocenters. The zero-order chi connectivity index (χ0) is 29.2. The van der Waals surface area contributed by atoms with Crippen molar-refractivity contribution >= 4 is 5.91 Å². The Hall–Kier alpha value is -5.57. The molecule has 3 aromatic heterocycles. The van der Waals surface area contributed by atoms with E-state index >= 15 is 0 Å². The van der Waals surface area contributed by atoms with Crippen LogP contribution < -0.4 is 4.74 Å². The van der Waals surface area contributed by atoms with Crippen LogP contribution in [0.5, 0.6) is 11.5 Å². The quantitative estimate of drug-likeness (QED) is 0.204. The lowest BCUT2D eigenvalue weighted by molar-refractivity contribution is -0.128. The van der Waals surface area contributed by atoms with Gasteiger partial charge in [-0.05, 0) is 55.0 Å². The van der Waals surface area contributed by atoms with E-state index in [9.17, 15) is 4.79 Å². The number of pyridine rings is 1. The summed E-state index contributed by atoms with van der Waals surface area (Å²) in [7, 11) is 0. The Kier molecular flexibility index (Phi) is 6.96. The predicted molar refractivity (Wildman–Crippen MR) is 161 cm³/mol. The van der Waals surface area contributed by atoms with Crippen molar-refractivity contribution in [2.45, 2.75) is 25.8 Å². The molecular formula is C34H28N6O3. The lowest BCUT2D eigenvalue weighted by Gasteiger charge is -2.20. The molecule has 0 N–H and O–H groups in total. The van der Waals surface area contributed by atoms with Gasteiger partial charge in [-0.1, -0.05) is 53.7 Å². The smallest absolute Gasteiger partial charge is 0.257 e. The van der Waals surface area contributed by atoms with E-state index in [4.69, 9.17) is 14.2 Å². The van der Waals surface area contributed by atoms with E-state index in [-0.39, 0.29) is 11.8 Å². The molecule has 0 spiro atoms. The molecule has 1 fully saturated rings. The number of rotatable bonds is 8. The first-order valence-electron chi connectivity index (χ1n) is 14.1. The Balaban J connectivity index is 1.19. The number of carbonyl (C=O) groups is 1. The Morgan fingerprint density at radius 1 is 0.930 bits per heavy atom. The maximum absolute atomic E-state index is 13.1. The molecule has 0 saturated carbocycles. The third-order valence-corrected chi connectivity index (χ3v) is 7.57. The molecule has 6 aromatic rings. The van der Waals surface area contributed by atoms with Crippen LogP contribution in [0.25, 0.3) is 28.5 Å². The van der Waals surface area contributed by atoms with Crippen molar-refractivity contribution in [2.24, 2.45) is 0 Å². The average Bonchev–Trinajstić information content (AvgIpc) is 3.81. The third-order valence-electron chi connectivity index (χ3n) is 7.57. The molecule has 0 radical (unpaired) electrons. The van der Waals surface area contributed by atoms with E-state index in [0.717, 1.165) is 28.2 Å². The first-order valence-corrected chi connectivity index (χ1v) is 14.1.